The Morgan fingerprint density at radius 3 is 2.37 bits per heavy atom. The smallest absolute Gasteiger partial charge is 0.345 e. The third-order valence-electron chi connectivity index (χ3n) is 4.37. The molecule has 0 atom stereocenters. The van der Waals surface area contributed by atoms with Gasteiger partial charge in [-0.2, -0.15) is 5.10 Å². The zero-order valence-corrected chi connectivity index (χ0v) is 15.9. The second-order valence-electron chi connectivity index (χ2n) is 7.45. The predicted molar refractivity (Wildman–Crippen MR) is 107 cm³/mol. The number of rotatable bonds is 3. The summed E-state index contributed by atoms with van der Waals surface area (Å²) in [5, 5.41) is 4.86. The van der Waals surface area contributed by atoms with Crippen LogP contribution in [0, 0.1) is 0 Å². The molecular weight excluding hydrogens is 340 g/mol. The van der Waals surface area contributed by atoms with Crippen LogP contribution in [0.1, 0.15) is 49.2 Å². The van der Waals surface area contributed by atoms with Gasteiger partial charge in [-0.05, 0) is 42.2 Å². The fourth-order valence-corrected chi connectivity index (χ4v) is 2.70. The molecule has 5 heteroatoms. The Hall–Kier alpha value is -3.21. The van der Waals surface area contributed by atoms with Crippen molar-refractivity contribution < 1.29 is 9.21 Å². The number of amides is 1. The summed E-state index contributed by atoms with van der Waals surface area (Å²) in [5.41, 5.74) is 4.90. The Kier molecular flexibility index (Phi) is 4.95. The molecule has 0 radical (unpaired) electrons. The molecule has 0 bridgehead atoms. The molecule has 138 valence electrons. The zero-order valence-electron chi connectivity index (χ0n) is 15.9. The molecule has 2 aromatic carbocycles. The second-order valence-corrected chi connectivity index (χ2v) is 7.45. The summed E-state index contributed by atoms with van der Waals surface area (Å²) >= 11 is 0. The Labute approximate surface area is 157 Å². The van der Waals surface area contributed by atoms with Gasteiger partial charge in [0.1, 0.15) is 5.58 Å². The van der Waals surface area contributed by atoms with Crippen LogP contribution < -0.4 is 11.1 Å². The molecule has 3 rings (SSSR count). The molecule has 0 aliphatic heterocycles. The summed E-state index contributed by atoms with van der Waals surface area (Å²) in [6.45, 7) is 8.00. The maximum Gasteiger partial charge on any atom is 0.345 e. The number of hydrazone groups is 1. The molecule has 5 nitrogen and oxygen atoms in total. The van der Waals surface area contributed by atoms with Gasteiger partial charge in [-0.15, -0.1) is 0 Å². The highest BCUT2D eigenvalue weighted by Gasteiger charge is 2.14. The largest absolute Gasteiger partial charge is 0.422 e. The molecule has 3 aromatic rings. The number of nitrogens with one attached hydrogen (secondary N) is 1. The van der Waals surface area contributed by atoms with Crippen molar-refractivity contribution in [2.24, 2.45) is 5.10 Å². The average Bonchev–Trinajstić information content (AvgIpc) is 2.64. The molecule has 0 saturated heterocycles. The number of nitrogens with zero attached hydrogens (tertiary/aromatic N) is 1. The molecule has 1 aromatic heterocycles. The number of carbonyl (C=O) groups is 1. The SMILES string of the molecule is C/C(=N/NC(=O)c1ccc(C(C)(C)C)cc1)c1cc2ccccc2oc1=O. The first kappa shape index (κ1) is 18.6. The molecule has 0 aliphatic carbocycles. The Balaban J connectivity index is 1.80. The molecule has 0 saturated carbocycles. The number of benzene rings is 2. The van der Waals surface area contributed by atoms with Crippen molar-refractivity contribution in [2.75, 3.05) is 0 Å². The van der Waals surface area contributed by atoms with Crippen LogP contribution in [-0.2, 0) is 5.41 Å². The van der Waals surface area contributed by atoms with E-state index < -0.39 is 5.63 Å². The van der Waals surface area contributed by atoms with Crippen molar-refractivity contribution in [1.82, 2.24) is 5.43 Å². The van der Waals surface area contributed by atoms with Crippen LogP contribution in [0.4, 0.5) is 0 Å². The van der Waals surface area contributed by atoms with Crippen molar-refractivity contribution in [2.45, 2.75) is 33.1 Å². The summed E-state index contributed by atoms with van der Waals surface area (Å²) in [4.78, 5) is 24.5. The van der Waals surface area contributed by atoms with Gasteiger partial charge >= 0.3 is 5.63 Å². The molecule has 27 heavy (non-hydrogen) atoms. The van der Waals surface area contributed by atoms with Crippen molar-refractivity contribution >= 4 is 22.6 Å². The van der Waals surface area contributed by atoms with Crippen LogP contribution in [-0.4, -0.2) is 11.6 Å². The minimum Gasteiger partial charge on any atom is -0.422 e. The molecule has 1 amide bonds. The maximum absolute atomic E-state index is 12.3. The monoisotopic (exact) mass is 362 g/mol. The summed E-state index contributed by atoms with van der Waals surface area (Å²) in [6.07, 6.45) is 0. The third-order valence-corrected chi connectivity index (χ3v) is 4.37. The van der Waals surface area contributed by atoms with Crippen LogP contribution in [0.2, 0.25) is 0 Å². The summed E-state index contributed by atoms with van der Waals surface area (Å²) in [6, 6.07) is 16.4. The van der Waals surface area contributed by atoms with E-state index in [0.717, 1.165) is 10.9 Å². The van der Waals surface area contributed by atoms with E-state index in [-0.39, 0.29) is 11.3 Å². The van der Waals surface area contributed by atoms with Crippen molar-refractivity contribution in [1.29, 1.82) is 0 Å². The fourth-order valence-electron chi connectivity index (χ4n) is 2.70. The van der Waals surface area contributed by atoms with Crippen molar-refractivity contribution in [3.05, 3.63) is 81.7 Å². The summed E-state index contributed by atoms with van der Waals surface area (Å²) in [7, 11) is 0. The number of para-hydroxylation sites is 1. The van der Waals surface area contributed by atoms with E-state index in [2.05, 4.69) is 31.3 Å². The molecule has 0 unspecified atom stereocenters. The van der Waals surface area contributed by atoms with E-state index in [0.29, 0.717) is 22.4 Å². The molecule has 0 aliphatic rings. The fraction of sp³-hybridized carbons (Fsp3) is 0.227. The van der Waals surface area contributed by atoms with Crippen LogP contribution >= 0.6 is 0 Å². The van der Waals surface area contributed by atoms with Gasteiger partial charge in [0.2, 0.25) is 0 Å². The highest BCUT2D eigenvalue weighted by Crippen LogP contribution is 2.22. The minimum atomic E-state index is -0.487. The van der Waals surface area contributed by atoms with E-state index in [9.17, 15) is 9.59 Å². The van der Waals surface area contributed by atoms with Crippen LogP contribution in [0.5, 0.6) is 0 Å². The molecule has 0 fully saturated rings. The van der Waals surface area contributed by atoms with Gasteiger partial charge in [-0.25, -0.2) is 10.2 Å². The number of fused-ring (bicyclic) bond motifs is 1. The van der Waals surface area contributed by atoms with Gasteiger partial charge in [0.05, 0.1) is 11.3 Å². The van der Waals surface area contributed by atoms with E-state index in [1.54, 1.807) is 37.3 Å². The lowest BCUT2D eigenvalue weighted by Gasteiger charge is -2.18. The van der Waals surface area contributed by atoms with Gasteiger partial charge < -0.3 is 4.42 Å². The molecule has 0 spiro atoms. The van der Waals surface area contributed by atoms with Gasteiger partial charge in [-0.3, -0.25) is 4.79 Å². The van der Waals surface area contributed by atoms with E-state index in [1.807, 2.05) is 24.3 Å². The van der Waals surface area contributed by atoms with Gasteiger partial charge in [0, 0.05) is 10.9 Å². The second kappa shape index (κ2) is 7.19. The highest BCUT2D eigenvalue weighted by atomic mass is 16.4. The van der Waals surface area contributed by atoms with Gasteiger partial charge in [-0.1, -0.05) is 51.1 Å². The first-order chi connectivity index (χ1) is 12.8. The van der Waals surface area contributed by atoms with E-state index in [4.69, 9.17) is 4.42 Å². The quantitative estimate of drug-likeness (QED) is 0.430. The number of hydrogen-bond donors (Lipinski definition) is 1. The van der Waals surface area contributed by atoms with Crippen LogP contribution in [0.15, 0.2) is 68.9 Å². The summed E-state index contributed by atoms with van der Waals surface area (Å²) in [5.74, 6) is -0.333. The minimum absolute atomic E-state index is 0.0217. The number of carbonyl (C=O) groups excluding carboxylic acids is 1. The molecular formula is C22H22N2O3. The van der Waals surface area contributed by atoms with E-state index >= 15 is 0 Å². The Morgan fingerprint density at radius 1 is 1.04 bits per heavy atom. The first-order valence-corrected chi connectivity index (χ1v) is 8.74. The van der Waals surface area contributed by atoms with Gasteiger partial charge in [0.15, 0.2) is 0 Å². The highest BCUT2D eigenvalue weighted by molar-refractivity contribution is 6.02. The zero-order chi connectivity index (χ0) is 19.6. The Morgan fingerprint density at radius 2 is 1.70 bits per heavy atom. The standard InChI is InChI=1S/C22H22N2O3/c1-14(18-13-16-7-5-6-8-19(16)27-21(18)26)23-24-20(25)15-9-11-17(12-10-15)22(2,3)4/h5-13H,1-4H3,(H,24,25)/b23-14-. The van der Waals surface area contributed by atoms with E-state index in [1.165, 1.54) is 0 Å². The lowest BCUT2D eigenvalue weighted by molar-refractivity contribution is 0.0954. The van der Waals surface area contributed by atoms with Crippen LogP contribution in [0.25, 0.3) is 11.0 Å². The average molecular weight is 362 g/mol. The van der Waals surface area contributed by atoms with Crippen LogP contribution in [0.3, 0.4) is 0 Å². The Bertz CT molecular complexity index is 1070. The number of hydrogen-bond acceptors (Lipinski definition) is 4. The molecule has 1 N–H and O–H groups in total. The lowest BCUT2D eigenvalue weighted by Crippen LogP contribution is -2.21. The lowest BCUT2D eigenvalue weighted by atomic mass is 9.87. The maximum atomic E-state index is 12.3. The third kappa shape index (κ3) is 4.14. The van der Waals surface area contributed by atoms with Crippen molar-refractivity contribution in [3.8, 4) is 0 Å². The van der Waals surface area contributed by atoms with Gasteiger partial charge in [0.25, 0.3) is 5.91 Å². The first-order valence-electron chi connectivity index (χ1n) is 8.74. The summed E-state index contributed by atoms with van der Waals surface area (Å²) < 4.78 is 5.30. The normalized spacial score (nSPS) is 12.2. The predicted octanol–water partition coefficient (Wildman–Crippen LogP) is 4.24. The van der Waals surface area contributed by atoms with Crippen molar-refractivity contribution in [3.63, 3.8) is 0 Å². The molecule has 1 heterocycles. The topological polar surface area (TPSA) is 71.7 Å².